The molecule has 3 fully saturated rings. The summed E-state index contributed by atoms with van der Waals surface area (Å²) < 4.78 is 35.3. The number of pyridine rings is 1. The lowest BCUT2D eigenvalue weighted by Crippen LogP contribution is -2.52. The molecule has 2 bridgehead atoms. The predicted octanol–water partition coefficient (Wildman–Crippen LogP) is 3.99. The van der Waals surface area contributed by atoms with E-state index < -0.39 is 21.9 Å². The minimum atomic E-state index is -1.08. The molecule has 37 heavy (non-hydrogen) atoms. The Hall–Kier alpha value is -3.29. The molecule has 10 heteroatoms. The molecular formula is C27H25F2N5O2S. The fourth-order valence-corrected chi connectivity index (χ4v) is 7.39. The molecule has 0 spiro atoms. The Morgan fingerprint density at radius 1 is 1.30 bits per heavy atom. The van der Waals surface area contributed by atoms with Crippen molar-refractivity contribution < 1.29 is 18.3 Å². The average molecular weight is 522 g/mol. The summed E-state index contributed by atoms with van der Waals surface area (Å²) in [5.74, 6) is -1.34. The predicted molar refractivity (Wildman–Crippen MR) is 136 cm³/mol. The number of nitrogens with two attached hydrogens (primary N) is 1. The van der Waals surface area contributed by atoms with Crippen molar-refractivity contribution in [2.45, 2.75) is 48.7 Å². The Labute approximate surface area is 217 Å². The first-order valence-electron chi connectivity index (χ1n) is 12.2. The van der Waals surface area contributed by atoms with Gasteiger partial charge in [0.25, 0.3) is 0 Å². The number of aliphatic imine (C=N–C) groups is 1. The first-order valence-corrected chi connectivity index (χ1v) is 13.1. The van der Waals surface area contributed by atoms with Gasteiger partial charge in [0.15, 0.2) is 5.17 Å². The molecular weight excluding hydrogens is 496 g/mol. The van der Waals surface area contributed by atoms with Crippen molar-refractivity contribution in [1.82, 2.24) is 9.88 Å². The number of hydrogen-bond acceptors (Lipinski definition) is 7. The van der Waals surface area contributed by atoms with Crippen LogP contribution in [0.25, 0.3) is 11.9 Å². The van der Waals surface area contributed by atoms with Crippen LogP contribution in [0, 0.1) is 23.1 Å². The maximum Gasteiger partial charge on any atom is 0.239 e. The second-order valence-corrected chi connectivity index (χ2v) is 11.6. The second-order valence-electron chi connectivity index (χ2n) is 10.3. The van der Waals surface area contributed by atoms with E-state index in [1.165, 1.54) is 48.3 Å². The van der Waals surface area contributed by atoms with E-state index in [2.05, 4.69) is 9.98 Å². The molecule has 2 N–H and O–H groups in total. The maximum absolute atomic E-state index is 15.3. The Balaban J connectivity index is 1.31. The van der Waals surface area contributed by atoms with E-state index in [-0.39, 0.29) is 40.5 Å². The molecule has 2 aromatic rings. The average Bonchev–Trinajstić information content (AvgIpc) is 3.55. The molecule has 2 unspecified atom stereocenters. The van der Waals surface area contributed by atoms with E-state index in [1.54, 1.807) is 13.0 Å². The number of nitrogens with zero attached hydrogens (tertiary/aromatic N) is 4. The molecule has 1 amide bonds. The van der Waals surface area contributed by atoms with Crippen molar-refractivity contribution in [1.29, 1.82) is 5.26 Å². The molecule has 1 aromatic carbocycles. The topological polar surface area (TPSA) is 105 Å². The van der Waals surface area contributed by atoms with Crippen molar-refractivity contribution >= 4 is 34.7 Å². The van der Waals surface area contributed by atoms with Gasteiger partial charge in [-0.1, -0.05) is 17.8 Å². The summed E-state index contributed by atoms with van der Waals surface area (Å²) in [5, 5.41) is 9.16. The van der Waals surface area contributed by atoms with E-state index in [4.69, 9.17) is 15.7 Å². The molecule has 1 aliphatic carbocycles. The summed E-state index contributed by atoms with van der Waals surface area (Å²) in [6.45, 7) is 2.93. The molecule has 2 saturated heterocycles. The molecule has 0 radical (unpaired) electrons. The number of halogens is 2. The minimum absolute atomic E-state index is 0.0150. The number of nitriles is 1. The van der Waals surface area contributed by atoms with Gasteiger partial charge < -0.3 is 15.4 Å². The van der Waals surface area contributed by atoms with Crippen LogP contribution < -0.4 is 5.73 Å². The van der Waals surface area contributed by atoms with Crippen LogP contribution in [-0.4, -0.2) is 51.0 Å². The summed E-state index contributed by atoms with van der Waals surface area (Å²) in [6.07, 6.45) is 5.15. The van der Waals surface area contributed by atoms with Crippen LogP contribution in [-0.2, 0) is 15.1 Å². The lowest BCUT2D eigenvalue weighted by atomic mass is 9.84. The highest BCUT2D eigenvalue weighted by Crippen LogP contribution is 2.66. The number of morpholine rings is 1. The summed E-state index contributed by atoms with van der Waals surface area (Å²) in [6, 6.07) is 9.17. The molecule has 4 heterocycles. The number of benzene rings is 1. The van der Waals surface area contributed by atoms with Crippen LogP contribution in [0.4, 0.5) is 8.78 Å². The number of hydrogen-bond donors (Lipinski definition) is 1. The summed E-state index contributed by atoms with van der Waals surface area (Å²) in [7, 11) is 0. The Morgan fingerprint density at radius 3 is 2.73 bits per heavy atom. The monoisotopic (exact) mass is 521 g/mol. The number of amides is 1. The van der Waals surface area contributed by atoms with Crippen LogP contribution in [0.2, 0.25) is 0 Å². The molecule has 7 nitrogen and oxygen atoms in total. The van der Waals surface area contributed by atoms with Gasteiger partial charge in [0.05, 0.1) is 29.0 Å². The second kappa shape index (κ2) is 8.64. The van der Waals surface area contributed by atoms with Crippen molar-refractivity contribution in [3.8, 4) is 6.07 Å². The van der Waals surface area contributed by atoms with Crippen molar-refractivity contribution in [3.63, 3.8) is 0 Å². The number of aromatic nitrogens is 1. The van der Waals surface area contributed by atoms with Crippen LogP contribution in [0.3, 0.4) is 0 Å². The van der Waals surface area contributed by atoms with Gasteiger partial charge in [-0.15, -0.1) is 0 Å². The van der Waals surface area contributed by atoms with E-state index >= 15 is 4.39 Å². The number of rotatable bonds is 4. The van der Waals surface area contributed by atoms with Crippen LogP contribution in [0.1, 0.15) is 48.6 Å². The smallest absolute Gasteiger partial charge is 0.239 e. The molecule has 4 aliphatic rings. The number of amidine groups is 1. The molecule has 3 aliphatic heterocycles. The third-order valence-electron chi connectivity index (χ3n) is 7.88. The zero-order valence-corrected chi connectivity index (χ0v) is 21.0. The molecule has 5 atom stereocenters. The number of carbonyl (C=O) groups is 1. The number of likely N-dealkylation sites (tertiary alicyclic amines) is 1. The first-order chi connectivity index (χ1) is 17.7. The molecule has 190 valence electrons. The highest BCUT2D eigenvalue weighted by molar-refractivity contribution is 8.15. The number of carbonyl (C=O) groups excluding carboxylic acids is 1. The molecule has 1 aromatic heterocycles. The first kappa shape index (κ1) is 24.1. The van der Waals surface area contributed by atoms with Gasteiger partial charge in [-0.3, -0.25) is 14.8 Å². The lowest BCUT2D eigenvalue weighted by molar-refractivity contribution is -0.140. The fourth-order valence-electron chi connectivity index (χ4n) is 5.94. The van der Waals surface area contributed by atoms with Gasteiger partial charge in [-0.2, -0.15) is 5.26 Å². The van der Waals surface area contributed by atoms with Gasteiger partial charge >= 0.3 is 0 Å². The summed E-state index contributed by atoms with van der Waals surface area (Å²) in [4.78, 5) is 24.3. The van der Waals surface area contributed by atoms with Gasteiger partial charge in [0, 0.05) is 30.8 Å². The van der Waals surface area contributed by atoms with E-state index in [0.29, 0.717) is 30.6 Å². The van der Waals surface area contributed by atoms with E-state index in [1.807, 2.05) is 11.0 Å². The zero-order chi connectivity index (χ0) is 25.9. The van der Waals surface area contributed by atoms with E-state index in [0.717, 1.165) is 12.8 Å². The quantitative estimate of drug-likeness (QED) is 0.653. The van der Waals surface area contributed by atoms with Crippen molar-refractivity contribution in [2.75, 3.05) is 13.1 Å². The number of fused-ring (bicyclic) bond motifs is 3. The van der Waals surface area contributed by atoms with E-state index in [9.17, 15) is 9.18 Å². The van der Waals surface area contributed by atoms with Gasteiger partial charge in [-0.25, -0.2) is 8.78 Å². The maximum atomic E-state index is 15.3. The zero-order valence-electron chi connectivity index (χ0n) is 20.2. The van der Waals surface area contributed by atoms with Crippen LogP contribution in [0.5, 0.6) is 0 Å². The highest BCUT2D eigenvalue weighted by atomic mass is 32.2. The van der Waals surface area contributed by atoms with Crippen molar-refractivity contribution in [2.24, 2.45) is 16.6 Å². The Kier molecular flexibility index (Phi) is 5.62. The minimum Gasteiger partial charge on any atom is -0.378 e. The fraction of sp³-hybridized carbons (Fsp3) is 0.407. The SMILES string of the molecule is C[C@]1(c2cc(/C=C(\F)c3ccc(C#N)cn3)ccc2F)N=C(N)S[C@@]2(C(=O)N3CC4CCC(C3)O4)C[C@H]21. The van der Waals surface area contributed by atoms with Gasteiger partial charge in [0.2, 0.25) is 5.91 Å². The van der Waals surface area contributed by atoms with Gasteiger partial charge in [-0.05, 0) is 62.1 Å². The summed E-state index contributed by atoms with van der Waals surface area (Å²) >= 11 is 1.28. The molecule has 6 rings (SSSR count). The van der Waals surface area contributed by atoms with Crippen LogP contribution in [0.15, 0.2) is 41.5 Å². The largest absolute Gasteiger partial charge is 0.378 e. The number of ether oxygens (including phenoxy) is 1. The van der Waals surface area contributed by atoms with Crippen molar-refractivity contribution in [3.05, 3.63) is 64.7 Å². The standard InChI is InChI=1S/C27H25F2N5O2S/c1-26(19-8-15(2-6-20(19)28)9-21(29)22-7-3-16(11-30)12-32-22)23-10-27(23,37-25(31)33-26)24(35)34-13-17-4-5-18(14-34)36-17/h2-3,6-9,12,17-18,23H,4-5,10,13-14H2,1H3,(H2,31,33)/b21-9-/t17?,18?,23-,26+,27-/m0/s1. The third kappa shape index (κ3) is 4.01. The normalized spacial score (nSPS) is 32.4. The summed E-state index contributed by atoms with van der Waals surface area (Å²) in [5.41, 5.74) is 6.26. The number of thioether (sulfide) groups is 1. The highest BCUT2D eigenvalue weighted by Gasteiger charge is 2.71. The third-order valence-corrected chi connectivity index (χ3v) is 9.17. The van der Waals surface area contributed by atoms with Gasteiger partial charge in [0.1, 0.15) is 22.5 Å². The Morgan fingerprint density at radius 2 is 2.05 bits per heavy atom. The van der Waals surface area contributed by atoms with Crippen LogP contribution >= 0.6 is 11.8 Å². The Bertz CT molecular complexity index is 1380. The molecule has 1 saturated carbocycles. The lowest BCUT2D eigenvalue weighted by Gasteiger charge is -2.38.